The average molecular weight is 306 g/mol. The van der Waals surface area contributed by atoms with E-state index in [0.717, 1.165) is 0 Å². The number of hydrogen-bond donors (Lipinski definition) is 2. The number of ether oxygens (including phenoxy) is 1. The fourth-order valence-electron chi connectivity index (χ4n) is 1.41. The molecule has 1 aromatic rings. The van der Waals surface area contributed by atoms with Gasteiger partial charge in [0.2, 0.25) is 0 Å². The molecule has 0 saturated heterocycles. The first-order valence-electron chi connectivity index (χ1n) is 5.38. The smallest absolute Gasteiger partial charge is 0.331 e. The highest BCUT2D eigenvalue weighted by atomic mass is 35.5. The molecule has 2 atom stereocenters. The number of carbonyl (C=O) groups excluding carboxylic acids is 2. The summed E-state index contributed by atoms with van der Waals surface area (Å²) in [5.41, 5.74) is 0.187. The summed E-state index contributed by atoms with van der Waals surface area (Å²) in [4.78, 5) is 23.3. The lowest BCUT2D eigenvalue weighted by Gasteiger charge is -2.19. The van der Waals surface area contributed by atoms with Crippen LogP contribution in [0.5, 0.6) is 0 Å². The number of methoxy groups -OCH3 is 1. The van der Waals surface area contributed by atoms with Crippen LogP contribution in [0, 0.1) is 0 Å². The molecule has 0 saturated carbocycles. The van der Waals surface area contributed by atoms with Crippen molar-refractivity contribution in [2.24, 2.45) is 0 Å². The number of carbonyl (C=O) groups is 2. The van der Waals surface area contributed by atoms with E-state index < -0.39 is 24.0 Å². The molecule has 1 amide bonds. The molecule has 7 heteroatoms. The Balaban J connectivity index is 2.90. The van der Waals surface area contributed by atoms with Crippen molar-refractivity contribution >= 4 is 35.1 Å². The van der Waals surface area contributed by atoms with Gasteiger partial charge in [-0.3, -0.25) is 4.79 Å². The Morgan fingerprint density at radius 3 is 2.21 bits per heavy atom. The van der Waals surface area contributed by atoms with Crippen LogP contribution in [0.25, 0.3) is 0 Å². The molecule has 0 fully saturated rings. The summed E-state index contributed by atoms with van der Waals surface area (Å²) in [5.74, 6) is -1.32. The molecule has 1 aromatic carbocycles. The Labute approximate surface area is 120 Å². The minimum absolute atomic E-state index is 0.187. The number of aliphatic hydroxyl groups excluding tert-OH is 1. The fraction of sp³-hybridized carbons (Fsp3) is 0.333. The van der Waals surface area contributed by atoms with E-state index in [2.05, 4.69) is 10.1 Å². The Morgan fingerprint density at radius 1 is 1.26 bits per heavy atom. The van der Waals surface area contributed by atoms with Gasteiger partial charge in [0, 0.05) is 15.6 Å². The van der Waals surface area contributed by atoms with Crippen molar-refractivity contribution in [3.05, 3.63) is 33.8 Å². The van der Waals surface area contributed by atoms with Gasteiger partial charge >= 0.3 is 5.97 Å². The minimum atomic E-state index is -1.16. The first-order chi connectivity index (χ1) is 8.85. The third-order valence-electron chi connectivity index (χ3n) is 2.35. The van der Waals surface area contributed by atoms with Gasteiger partial charge < -0.3 is 15.2 Å². The minimum Gasteiger partial charge on any atom is -0.467 e. The number of benzene rings is 1. The van der Waals surface area contributed by atoms with E-state index in [1.165, 1.54) is 32.2 Å². The van der Waals surface area contributed by atoms with Crippen LogP contribution in [0.15, 0.2) is 18.2 Å². The largest absolute Gasteiger partial charge is 0.467 e. The number of nitrogens with one attached hydrogen (secondary N) is 1. The highest BCUT2D eigenvalue weighted by molar-refractivity contribution is 6.35. The van der Waals surface area contributed by atoms with Gasteiger partial charge in [0.05, 0.1) is 13.2 Å². The zero-order valence-electron chi connectivity index (χ0n) is 10.3. The molecule has 0 heterocycles. The number of rotatable bonds is 4. The van der Waals surface area contributed by atoms with E-state index in [1.807, 2.05) is 0 Å². The summed E-state index contributed by atoms with van der Waals surface area (Å²) < 4.78 is 4.49. The zero-order chi connectivity index (χ0) is 14.6. The molecule has 0 aromatic heterocycles. The second-order valence-electron chi connectivity index (χ2n) is 3.87. The van der Waals surface area contributed by atoms with Crippen LogP contribution in [0.2, 0.25) is 10.0 Å². The van der Waals surface area contributed by atoms with Gasteiger partial charge in [0.1, 0.15) is 0 Å². The first-order valence-corrected chi connectivity index (χ1v) is 6.13. The lowest BCUT2D eigenvalue weighted by molar-refractivity contribution is -0.145. The molecule has 19 heavy (non-hydrogen) atoms. The molecule has 0 aliphatic rings. The van der Waals surface area contributed by atoms with Crippen molar-refractivity contribution in [2.45, 2.75) is 19.1 Å². The maximum Gasteiger partial charge on any atom is 0.331 e. The molecular formula is C12H13Cl2NO4. The zero-order valence-corrected chi connectivity index (χ0v) is 11.8. The lowest BCUT2D eigenvalue weighted by atomic mass is 10.1. The number of amides is 1. The normalized spacial score (nSPS) is 13.5. The van der Waals surface area contributed by atoms with Crippen LogP contribution in [0.4, 0.5) is 0 Å². The standard InChI is InChI=1S/C12H13Cl2NO4/c1-6(16)10(12(18)19-2)15-11(17)7-3-8(13)5-9(14)4-7/h3-6,10,16H,1-2H3,(H,15,17)/t6-,10+/m1/s1. The molecule has 0 aliphatic carbocycles. The van der Waals surface area contributed by atoms with E-state index in [9.17, 15) is 14.7 Å². The predicted molar refractivity (Wildman–Crippen MR) is 71.4 cm³/mol. The molecule has 0 spiro atoms. The Hall–Kier alpha value is -1.30. The SMILES string of the molecule is COC(=O)[C@@H](NC(=O)c1cc(Cl)cc(Cl)c1)[C@@H](C)O. The van der Waals surface area contributed by atoms with Crippen molar-refractivity contribution in [1.82, 2.24) is 5.32 Å². The van der Waals surface area contributed by atoms with Crippen LogP contribution in [-0.4, -0.2) is 36.2 Å². The van der Waals surface area contributed by atoms with Crippen molar-refractivity contribution < 1.29 is 19.4 Å². The van der Waals surface area contributed by atoms with Crippen LogP contribution in [0.3, 0.4) is 0 Å². The number of hydrogen-bond acceptors (Lipinski definition) is 4. The predicted octanol–water partition coefficient (Wildman–Crippen LogP) is 1.65. The Bertz CT molecular complexity index is 470. The van der Waals surface area contributed by atoms with Gasteiger partial charge in [-0.15, -0.1) is 0 Å². The third kappa shape index (κ3) is 4.38. The molecule has 2 N–H and O–H groups in total. The van der Waals surface area contributed by atoms with Gasteiger partial charge in [-0.25, -0.2) is 4.79 Å². The van der Waals surface area contributed by atoms with Gasteiger partial charge in [-0.2, -0.15) is 0 Å². The molecule has 0 aliphatic heterocycles. The molecule has 0 bridgehead atoms. The van der Waals surface area contributed by atoms with E-state index in [-0.39, 0.29) is 5.56 Å². The highest BCUT2D eigenvalue weighted by Gasteiger charge is 2.26. The quantitative estimate of drug-likeness (QED) is 0.829. The summed E-state index contributed by atoms with van der Waals surface area (Å²) in [6.45, 7) is 1.37. The van der Waals surface area contributed by atoms with Gasteiger partial charge in [-0.05, 0) is 25.1 Å². The summed E-state index contributed by atoms with van der Waals surface area (Å²) in [5, 5.41) is 12.4. The van der Waals surface area contributed by atoms with Gasteiger partial charge in [-0.1, -0.05) is 23.2 Å². The second-order valence-corrected chi connectivity index (χ2v) is 4.75. The molecule has 104 valence electrons. The van der Waals surface area contributed by atoms with Crippen molar-refractivity contribution in [3.63, 3.8) is 0 Å². The Kier molecular flexibility index (Phi) is 5.60. The van der Waals surface area contributed by atoms with E-state index >= 15 is 0 Å². The monoisotopic (exact) mass is 305 g/mol. The van der Waals surface area contributed by atoms with Crippen LogP contribution in [-0.2, 0) is 9.53 Å². The lowest BCUT2D eigenvalue weighted by Crippen LogP contribution is -2.48. The van der Waals surface area contributed by atoms with Gasteiger partial charge in [0.25, 0.3) is 5.91 Å². The summed E-state index contributed by atoms with van der Waals surface area (Å²) >= 11 is 11.6. The second kappa shape index (κ2) is 6.75. The van der Waals surface area contributed by atoms with Crippen LogP contribution < -0.4 is 5.32 Å². The molecular weight excluding hydrogens is 293 g/mol. The molecule has 0 unspecified atom stereocenters. The summed E-state index contributed by atoms with van der Waals surface area (Å²) in [7, 11) is 1.17. The Morgan fingerprint density at radius 2 is 1.79 bits per heavy atom. The molecule has 5 nitrogen and oxygen atoms in total. The van der Waals surface area contributed by atoms with Crippen molar-refractivity contribution in [3.8, 4) is 0 Å². The van der Waals surface area contributed by atoms with Crippen LogP contribution in [0.1, 0.15) is 17.3 Å². The number of aliphatic hydroxyl groups is 1. The van der Waals surface area contributed by atoms with Crippen molar-refractivity contribution in [1.29, 1.82) is 0 Å². The number of halogens is 2. The summed E-state index contributed by atoms with van der Waals surface area (Å²) in [6.07, 6.45) is -1.09. The van der Waals surface area contributed by atoms with E-state index in [0.29, 0.717) is 10.0 Å². The first kappa shape index (κ1) is 15.8. The van der Waals surface area contributed by atoms with Crippen LogP contribution >= 0.6 is 23.2 Å². The summed E-state index contributed by atoms with van der Waals surface area (Å²) in [6, 6.07) is 3.13. The fourth-order valence-corrected chi connectivity index (χ4v) is 1.94. The molecule has 1 rings (SSSR count). The molecule has 0 radical (unpaired) electrons. The van der Waals surface area contributed by atoms with Crippen molar-refractivity contribution in [2.75, 3.05) is 7.11 Å². The maximum absolute atomic E-state index is 11.9. The van der Waals surface area contributed by atoms with E-state index in [1.54, 1.807) is 0 Å². The third-order valence-corrected chi connectivity index (χ3v) is 2.79. The highest BCUT2D eigenvalue weighted by Crippen LogP contribution is 2.19. The topological polar surface area (TPSA) is 75.6 Å². The van der Waals surface area contributed by atoms with Gasteiger partial charge in [0.15, 0.2) is 6.04 Å². The van der Waals surface area contributed by atoms with E-state index in [4.69, 9.17) is 23.2 Å². The average Bonchev–Trinajstić information content (AvgIpc) is 2.33. The number of esters is 1. The maximum atomic E-state index is 11.9.